The van der Waals surface area contributed by atoms with Gasteiger partial charge in [0.05, 0.1) is 18.9 Å². The number of methoxy groups -OCH3 is 1. The van der Waals surface area contributed by atoms with Gasteiger partial charge >= 0.3 is 11.9 Å². The van der Waals surface area contributed by atoms with Gasteiger partial charge in [-0.2, -0.15) is 0 Å². The van der Waals surface area contributed by atoms with Gasteiger partial charge in [0.1, 0.15) is 15.5 Å². The maximum Gasteiger partial charge on any atom is 0.348 e. The third-order valence-corrected chi connectivity index (χ3v) is 5.66. The Morgan fingerprint density at radius 3 is 2.68 bits per heavy atom. The van der Waals surface area contributed by atoms with Gasteiger partial charge in [-0.3, -0.25) is 14.4 Å². The lowest BCUT2D eigenvalue weighted by molar-refractivity contribution is -0.148. The van der Waals surface area contributed by atoms with Crippen molar-refractivity contribution in [3.05, 3.63) is 26.6 Å². The van der Waals surface area contributed by atoms with Crippen LogP contribution in [0.3, 0.4) is 0 Å². The van der Waals surface area contributed by atoms with Crippen molar-refractivity contribution >= 4 is 39.4 Å². The number of esters is 2. The molecule has 1 aliphatic carbocycles. The van der Waals surface area contributed by atoms with Gasteiger partial charge in [0.25, 0.3) is 11.5 Å². The molecular weight excluding hydrogens is 386 g/mol. The van der Waals surface area contributed by atoms with Gasteiger partial charge in [0.2, 0.25) is 0 Å². The summed E-state index contributed by atoms with van der Waals surface area (Å²) >= 11 is 0.980. The molecule has 0 bridgehead atoms. The molecule has 0 spiro atoms. The Morgan fingerprint density at radius 1 is 1.29 bits per heavy atom. The Morgan fingerprint density at radius 2 is 2.00 bits per heavy atom. The zero-order chi connectivity index (χ0) is 20.3. The van der Waals surface area contributed by atoms with Crippen LogP contribution in [0.2, 0.25) is 0 Å². The first-order valence-electron chi connectivity index (χ1n) is 8.94. The van der Waals surface area contributed by atoms with Crippen molar-refractivity contribution < 1.29 is 23.9 Å². The Kier molecular flexibility index (Phi) is 6.08. The summed E-state index contributed by atoms with van der Waals surface area (Å²) in [5, 5.41) is 2.98. The van der Waals surface area contributed by atoms with Gasteiger partial charge in [-0.05, 0) is 19.8 Å². The van der Waals surface area contributed by atoms with E-state index in [0.717, 1.165) is 37.0 Å². The van der Waals surface area contributed by atoms with Gasteiger partial charge in [0.15, 0.2) is 6.61 Å². The van der Waals surface area contributed by atoms with Gasteiger partial charge in [-0.15, -0.1) is 11.3 Å². The Hall–Kier alpha value is -2.75. The fraction of sp³-hybridized carbons (Fsp3) is 0.500. The number of carbonyl (C=O) groups is 3. The molecule has 28 heavy (non-hydrogen) atoms. The van der Waals surface area contributed by atoms with E-state index in [2.05, 4.69) is 15.3 Å². The average Bonchev–Trinajstić information content (AvgIpc) is 3.27. The normalized spacial score (nSPS) is 14.2. The summed E-state index contributed by atoms with van der Waals surface area (Å²) in [5.74, 6) is -1.35. The molecule has 2 aromatic heterocycles. The molecule has 1 amide bonds. The molecule has 0 unspecified atom stereocenters. The van der Waals surface area contributed by atoms with Crippen LogP contribution in [0.15, 0.2) is 4.79 Å². The molecule has 0 aliphatic heterocycles. The molecule has 1 saturated carbocycles. The minimum absolute atomic E-state index is 0.119. The number of fused-ring (bicyclic) bond motifs is 1. The monoisotopic (exact) mass is 407 g/mol. The van der Waals surface area contributed by atoms with Crippen molar-refractivity contribution in [2.75, 3.05) is 13.7 Å². The fourth-order valence-corrected chi connectivity index (χ4v) is 4.44. The van der Waals surface area contributed by atoms with Gasteiger partial charge < -0.3 is 19.8 Å². The SMILES string of the molecule is COC(=O)c1sc2nc(C)[nH]c(=O)c2c1CC(=O)OCC(=O)NC1CCCC1. The first-order chi connectivity index (χ1) is 13.4. The minimum atomic E-state index is -0.716. The van der Waals surface area contributed by atoms with Crippen LogP contribution >= 0.6 is 11.3 Å². The number of rotatable bonds is 6. The highest BCUT2D eigenvalue weighted by Gasteiger charge is 2.25. The number of aryl methyl sites for hydroxylation is 1. The Labute approximate surface area is 164 Å². The molecule has 0 aromatic carbocycles. The molecule has 1 aliphatic rings. The van der Waals surface area contributed by atoms with E-state index in [9.17, 15) is 19.2 Å². The summed E-state index contributed by atoms with van der Waals surface area (Å²) in [6, 6.07) is 0.130. The molecule has 2 heterocycles. The summed E-state index contributed by atoms with van der Waals surface area (Å²) in [5.41, 5.74) is -0.252. The van der Waals surface area contributed by atoms with Crippen LogP contribution in [-0.2, 0) is 25.5 Å². The van der Waals surface area contributed by atoms with E-state index in [1.165, 1.54) is 7.11 Å². The van der Waals surface area contributed by atoms with Crippen molar-refractivity contribution in [2.24, 2.45) is 0 Å². The quantitative estimate of drug-likeness (QED) is 0.689. The highest BCUT2D eigenvalue weighted by molar-refractivity contribution is 7.20. The predicted octanol–water partition coefficient (Wildman–Crippen LogP) is 1.22. The number of thiophene rings is 1. The largest absolute Gasteiger partial charge is 0.465 e. The molecule has 3 rings (SSSR count). The number of hydrogen-bond acceptors (Lipinski definition) is 8. The molecule has 150 valence electrons. The molecule has 0 saturated heterocycles. The number of aromatic nitrogens is 2. The molecule has 0 atom stereocenters. The average molecular weight is 407 g/mol. The first-order valence-corrected chi connectivity index (χ1v) is 9.76. The fourth-order valence-electron chi connectivity index (χ4n) is 3.28. The van der Waals surface area contributed by atoms with Gasteiger partial charge in [-0.1, -0.05) is 12.8 Å². The maximum absolute atomic E-state index is 12.3. The smallest absolute Gasteiger partial charge is 0.348 e. The van der Waals surface area contributed by atoms with E-state index in [1.54, 1.807) is 6.92 Å². The molecule has 1 fully saturated rings. The first kappa shape index (κ1) is 20.0. The highest BCUT2D eigenvalue weighted by Crippen LogP contribution is 2.29. The summed E-state index contributed by atoms with van der Waals surface area (Å²) in [7, 11) is 1.21. The molecule has 10 heteroatoms. The molecule has 2 N–H and O–H groups in total. The topological polar surface area (TPSA) is 127 Å². The lowest BCUT2D eigenvalue weighted by Gasteiger charge is -2.12. The van der Waals surface area contributed by atoms with Crippen LogP contribution in [0.5, 0.6) is 0 Å². The molecule has 2 aromatic rings. The lowest BCUT2D eigenvalue weighted by Crippen LogP contribution is -2.36. The number of nitrogens with one attached hydrogen (secondary N) is 2. The second kappa shape index (κ2) is 8.51. The van der Waals surface area contributed by atoms with E-state index in [1.807, 2.05) is 0 Å². The van der Waals surface area contributed by atoms with Crippen molar-refractivity contribution in [1.82, 2.24) is 15.3 Å². The van der Waals surface area contributed by atoms with Crippen LogP contribution in [0.25, 0.3) is 10.2 Å². The molecule has 9 nitrogen and oxygen atoms in total. The number of aromatic amines is 1. The molecule has 0 radical (unpaired) electrons. The summed E-state index contributed by atoms with van der Waals surface area (Å²) in [4.78, 5) is 55.8. The molecular formula is C18H21N3O6S. The van der Waals surface area contributed by atoms with Crippen molar-refractivity contribution in [1.29, 1.82) is 0 Å². The second-order valence-corrected chi connectivity index (χ2v) is 7.62. The minimum Gasteiger partial charge on any atom is -0.465 e. The highest BCUT2D eigenvalue weighted by atomic mass is 32.1. The number of hydrogen-bond donors (Lipinski definition) is 2. The van der Waals surface area contributed by atoms with E-state index < -0.39 is 24.1 Å². The van der Waals surface area contributed by atoms with E-state index >= 15 is 0 Å². The maximum atomic E-state index is 12.3. The van der Waals surface area contributed by atoms with Crippen LogP contribution < -0.4 is 10.9 Å². The van der Waals surface area contributed by atoms with E-state index in [0.29, 0.717) is 10.7 Å². The number of nitrogens with zero attached hydrogens (tertiary/aromatic N) is 1. The van der Waals surface area contributed by atoms with E-state index in [-0.39, 0.29) is 34.2 Å². The van der Waals surface area contributed by atoms with Crippen LogP contribution in [0, 0.1) is 6.92 Å². The summed E-state index contributed by atoms with van der Waals surface area (Å²) in [6.07, 6.45) is 3.67. The predicted molar refractivity (Wildman–Crippen MR) is 101 cm³/mol. The summed E-state index contributed by atoms with van der Waals surface area (Å²) < 4.78 is 9.78. The zero-order valence-corrected chi connectivity index (χ0v) is 16.4. The van der Waals surface area contributed by atoms with Crippen molar-refractivity contribution in [2.45, 2.75) is 45.1 Å². The van der Waals surface area contributed by atoms with Gasteiger partial charge in [-0.25, -0.2) is 9.78 Å². The standard InChI is InChI=1S/C18H21N3O6S/c1-9-19-16(24)14-11(15(18(25)26-2)28-17(14)20-9)7-13(23)27-8-12(22)21-10-5-3-4-6-10/h10H,3-8H2,1-2H3,(H,21,22)(H,19,20,24). The third-order valence-electron chi connectivity index (χ3n) is 4.56. The van der Waals surface area contributed by atoms with Gasteiger partial charge in [0, 0.05) is 11.6 Å². The van der Waals surface area contributed by atoms with Crippen LogP contribution in [-0.4, -0.2) is 47.6 Å². The number of ether oxygens (including phenoxy) is 2. The second-order valence-electron chi connectivity index (χ2n) is 6.62. The van der Waals surface area contributed by atoms with Crippen LogP contribution in [0.1, 0.15) is 46.7 Å². The van der Waals surface area contributed by atoms with E-state index in [4.69, 9.17) is 9.47 Å². The zero-order valence-electron chi connectivity index (χ0n) is 15.6. The number of carbonyl (C=O) groups excluding carboxylic acids is 3. The number of amides is 1. The Bertz CT molecular complexity index is 974. The van der Waals surface area contributed by atoms with Crippen molar-refractivity contribution in [3.63, 3.8) is 0 Å². The number of H-pyrrole nitrogens is 1. The van der Waals surface area contributed by atoms with Crippen LogP contribution in [0.4, 0.5) is 0 Å². The Balaban J connectivity index is 1.74. The lowest BCUT2D eigenvalue weighted by atomic mass is 10.1. The van der Waals surface area contributed by atoms with Crippen molar-refractivity contribution in [3.8, 4) is 0 Å². The summed E-state index contributed by atoms with van der Waals surface area (Å²) in [6.45, 7) is 1.22. The third kappa shape index (κ3) is 4.38.